The molecule has 0 aliphatic carbocycles. The molecular weight excluding hydrogens is 140 g/mol. The summed E-state index contributed by atoms with van der Waals surface area (Å²) >= 11 is 0. The highest BCUT2D eigenvalue weighted by molar-refractivity contribution is 5.76. The van der Waals surface area contributed by atoms with Crippen molar-refractivity contribution in [2.45, 2.75) is 0 Å². The average Bonchev–Trinajstić information content (AvgIpc) is 2.09. The van der Waals surface area contributed by atoms with E-state index < -0.39 is 5.97 Å². The molecule has 0 atom stereocenters. The van der Waals surface area contributed by atoms with Gasteiger partial charge in [0.05, 0.1) is 5.97 Å². The van der Waals surface area contributed by atoms with Crippen LogP contribution in [0.25, 0.3) is 0 Å². The van der Waals surface area contributed by atoms with Gasteiger partial charge in [-0.05, 0) is 6.08 Å². The summed E-state index contributed by atoms with van der Waals surface area (Å²) in [5.74, 6) is -1.23. The number of hydrogen-bond donors (Lipinski definition) is 0. The predicted molar refractivity (Wildman–Crippen MR) is 41.6 cm³/mol. The zero-order valence-electron chi connectivity index (χ0n) is 6.07. The van der Waals surface area contributed by atoms with Gasteiger partial charge in [0, 0.05) is 0 Å². The van der Waals surface area contributed by atoms with Crippen LogP contribution in [0.5, 0.6) is 0 Å². The van der Waals surface area contributed by atoms with Gasteiger partial charge in [-0.1, -0.05) is 43.0 Å². The number of carbonyl (C=O) groups excluding carboxylic acids is 1. The predicted octanol–water partition coefficient (Wildman–Crippen LogP) is 0.609. The molecule has 0 heterocycles. The van der Waals surface area contributed by atoms with Crippen molar-refractivity contribution in [1.82, 2.24) is 0 Å². The Morgan fingerprint density at radius 1 is 1.09 bits per heavy atom. The van der Waals surface area contributed by atoms with E-state index in [0.717, 1.165) is 6.08 Å². The second kappa shape index (κ2) is 6.55. The molecule has 0 saturated heterocycles. The van der Waals surface area contributed by atoms with Gasteiger partial charge in [0.15, 0.2) is 0 Å². The van der Waals surface area contributed by atoms with Gasteiger partial charge in [0.1, 0.15) is 0 Å². The van der Waals surface area contributed by atoms with E-state index in [2.05, 4.69) is 6.58 Å². The first-order valence-electron chi connectivity index (χ1n) is 3.11. The molecule has 2 nitrogen and oxygen atoms in total. The average molecular weight is 149 g/mol. The third kappa shape index (κ3) is 8.43. The lowest BCUT2D eigenvalue weighted by molar-refractivity contribution is -0.297. The second-order valence-electron chi connectivity index (χ2n) is 1.68. The largest absolute Gasteiger partial charge is 0.545 e. The number of rotatable bonds is 1. The van der Waals surface area contributed by atoms with Crippen LogP contribution in [0.2, 0.25) is 0 Å². The van der Waals surface area contributed by atoms with Crippen molar-refractivity contribution in [1.29, 1.82) is 0 Å². The normalized spacial score (nSPS) is 7.27. The summed E-state index contributed by atoms with van der Waals surface area (Å²) in [7, 11) is 0. The van der Waals surface area contributed by atoms with Crippen LogP contribution in [-0.2, 0) is 4.79 Å². The van der Waals surface area contributed by atoms with Gasteiger partial charge in [-0.2, -0.15) is 0 Å². The van der Waals surface area contributed by atoms with Crippen LogP contribution >= 0.6 is 0 Å². The maximum Gasteiger partial charge on any atom is 0.0636 e. The number of carbonyl (C=O) groups is 1. The molecule has 0 amide bonds. The Morgan fingerprint density at radius 3 is 1.36 bits per heavy atom. The Labute approximate surface area is 65.8 Å². The van der Waals surface area contributed by atoms with E-state index in [1.807, 2.05) is 36.4 Å². The zero-order valence-corrected chi connectivity index (χ0v) is 6.07. The molecule has 0 spiro atoms. The van der Waals surface area contributed by atoms with Crippen LogP contribution in [0.4, 0.5) is 0 Å². The maximum atomic E-state index is 9.14. The molecule has 0 bridgehead atoms. The van der Waals surface area contributed by atoms with E-state index in [9.17, 15) is 0 Å². The Morgan fingerprint density at radius 2 is 1.27 bits per heavy atom. The summed E-state index contributed by atoms with van der Waals surface area (Å²) in [6.45, 7) is 2.90. The highest BCUT2D eigenvalue weighted by Crippen LogP contribution is 1.79. The van der Waals surface area contributed by atoms with Crippen LogP contribution in [-0.4, -0.2) is 5.97 Å². The molecule has 1 rings (SSSR count). The van der Waals surface area contributed by atoms with Crippen molar-refractivity contribution in [3.8, 4) is 0 Å². The van der Waals surface area contributed by atoms with Gasteiger partial charge in [0.25, 0.3) is 0 Å². The van der Waals surface area contributed by atoms with Gasteiger partial charge >= 0.3 is 0 Å². The molecule has 2 heteroatoms. The molecule has 1 aromatic rings. The molecule has 1 aromatic carbocycles. The van der Waals surface area contributed by atoms with Crippen molar-refractivity contribution >= 4 is 5.97 Å². The summed E-state index contributed by atoms with van der Waals surface area (Å²) in [5.41, 5.74) is 0. The minimum absolute atomic E-state index is 0.722. The second-order valence-corrected chi connectivity index (χ2v) is 1.68. The summed E-state index contributed by atoms with van der Waals surface area (Å²) in [5, 5.41) is 9.14. The third-order valence-electron chi connectivity index (χ3n) is 0.833. The van der Waals surface area contributed by atoms with Crippen molar-refractivity contribution in [3.05, 3.63) is 49.1 Å². The van der Waals surface area contributed by atoms with E-state index in [1.165, 1.54) is 0 Å². The van der Waals surface area contributed by atoms with Crippen LogP contribution in [0.3, 0.4) is 0 Å². The van der Waals surface area contributed by atoms with Crippen molar-refractivity contribution in [3.63, 3.8) is 0 Å². The number of aliphatic carboxylic acids is 1. The van der Waals surface area contributed by atoms with Gasteiger partial charge < -0.3 is 9.90 Å². The van der Waals surface area contributed by atoms with Gasteiger partial charge in [-0.15, -0.1) is 0 Å². The maximum absolute atomic E-state index is 9.14. The number of carboxylic acid groups (broad SMARTS) is 1. The molecule has 0 aliphatic heterocycles. The lowest BCUT2D eigenvalue weighted by Crippen LogP contribution is -2.17. The quantitative estimate of drug-likeness (QED) is 0.549. The SMILES string of the molecule is C=CC(=O)[O-].c1ccccc1. The van der Waals surface area contributed by atoms with Crippen LogP contribution in [0, 0.1) is 0 Å². The molecule has 58 valence electrons. The first-order valence-corrected chi connectivity index (χ1v) is 3.11. The molecule has 0 radical (unpaired) electrons. The lowest BCUT2D eigenvalue weighted by Gasteiger charge is -1.81. The van der Waals surface area contributed by atoms with Crippen LogP contribution < -0.4 is 5.11 Å². The fraction of sp³-hybridized carbons (Fsp3) is 0. The summed E-state index contributed by atoms with van der Waals surface area (Å²) in [6, 6.07) is 12.0. The van der Waals surface area contributed by atoms with Crippen molar-refractivity contribution in [2.75, 3.05) is 0 Å². The number of benzene rings is 1. The first kappa shape index (κ1) is 9.43. The van der Waals surface area contributed by atoms with E-state index in [0.29, 0.717) is 0 Å². The van der Waals surface area contributed by atoms with Gasteiger partial charge in [0.2, 0.25) is 0 Å². The van der Waals surface area contributed by atoms with Crippen LogP contribution in [0.15, 0.2) is 49.1 Å². The van der Waals surface area contributed by atoms with E-state index in [-0.39, 0.29) is 0 Å². The highest BCUT2D eigenvalue weighted by atomic mass is 16.4. The zero-order chi connectivity index (χ0) is 8.53. The van der Waals surface area contributed by atoms with Crippen molar-refractivity contribution in [2.24, 2.45) is 0 Å². The summed E-state index contributed by atoms with van der Waals surface area (Å²) in [6.07, 6.45) is 0.722. The first-order chi connectivity index (χ1) is 5.27. The molecule has 0 saturated carbocycles. The smallest absolute Gasteiger partial charge is 0.0636 e. The summed E-state index contributed by atoms with van der Waals surface area (Å²) in [4.78, 5) is 9.14. The molecule has 0 unspecified atom stereocenters. The fourth-order valence-electron chi connectivity index (χ4n) is 0.385. The summed E-state index contributed by atoms with van der Waals surface area (Å²) < 4.78 is 0. The topological polar surface area (TPSA) is 40.1 Å². The molecule has 0 N–H and O–H groups in total. The Balaban J connectivity index is 0.000000187. The van der Waals surface area contributed by atoms with E-state index in [4.69, 9.17) is 9.90 Å². The minimum atomic E-state index is -1.23. The Bertz CT molecular complexity index is 177. The van der Waals surface area contributed by atoms with Gasteiger partial charge in [-0.3, -0.25) is 0 Å². The Hall–Kier alpha value is -1.57. The van der Waals surface area contributed by atoms with E-state index >= 15 is 0 Å². The number of carboxylic acids is 1. The van der Waals surface area contributed by atoms with Crippen LogP contribution in [0.1, 0.15) is 0 Å². The Kier molecular flexibility index (Phi) is 5.61. The third-order valence-corrected chi connectivity index (χ3v) is 0.833. The van der Waals surface area contributed by atoms with E-state index in [1.54, 1.807) is 0 Å². The molecule has 0 aliphatic rings. The molecule has 0 aromatic heterocycles. The standard InChI is InChI=1S/C6H6.C3H4O2/c1-2-4-6-5-3-1;1-2-3(4)5/h1-6H;2H,1H2,(H,4,5)/p-1. The highest BCUT2D eigenvalue weighted by Gasteiger charge is 1.57. The fourth-order valence-corrected chi connectivity index (χ4v) is 0.385. The van der Waals surface area contributed by atoms with Crippen molar-refractivity contribution < 1.29 is 9.90 Å². The number of hydrogen-bond acceptors (Lipinski definition) is 2. The minimum Gasteiger partial charge on any atom is -0.545 e. The van der Waals surface area contributed by atoms with Gasteiger partial charge in [-0.25, -0.2) is 0 Å². The monoisotopic (exact) mass is 149 g/mol. The molecular formula is C9H9O2-. The molecule has 0 fully saturated rings. The molecule has 11 heavy (non-hydrogen) atoms. The lowest BCUT2D eigenvalue weighted by atomic mass is 10.4.